The molecule has 164 valence electrons. The molecule has 0 spiro atoms. The van der Waals surface area contributed by atoms with E-state index in [9.17, 15) is 18.0 Å². The number of para-hydroxylation sites is 2. The molecule has 0 radical (unpaired) electrons. The van der Waals surface area contributed by atoms with Gasteiger partial charge in [0.25, 0.3) is 5.91 Å². The molecule has 0 saturated heterocycles. The number of esters is 1. The van der Waals surface area contributed by atoms with Crippen molar-refractivity contribution < 1.29 is 22.7 Å². The van der Waals surface area contributed by atoms with E-state index >= 15 is 0 Å². The van der Waals surface area contributed by atoms with Gasteiger partial charge < -0.3 is 4.74 Å². The number of nitrogens with one attached hydrogen (secondary N) is 1. The molecule has 0 fully saturated rings. The van der Waals surface area contributed by atoms with Crippen LogP contribution in [0.4, 0.5) is 17.1 Å². The number of fused-ring (bicyclic) bond motifs is 2. The number of nitrogens with zero attached hydrogens (tertiary/aromatic N) is 1. The van der Waals surface area contributed by atoms with E-state index in [-0.39, 0.29) is 11.3 Å². The average molecular weight is 489 g/mol. The normalized spacial score (nSPS) is 12.5. The minimum atomic E-state index is -3.60. The predicted octanol–water partition coefficient (Wildman–Crippen LogP) is 4.70. The summed E-state index contributed by atoms with van der Waals surface area (Å²) in [5.41, 5.74) is 1.34. The molecule has 0 saturated carbocycles. The molecule has 32 heavy (non-hydrogen) atoms. The number of ether oxygens (including phenoxy) is 1. The van der Waals surface area contributed by atoms with E-state index in [1.54, 1.807) is 30.3 Å². The Bertz CT molecular complexity index is 1330. The zero-order valence-electron chi connectivity index (χ0n) is 16.7. The number of hydrogen-bond acceptors (Lipinski definition) is 6. The standard InChI is InChI=1S/C22H17ClN2O5S2/c1-32(28,29)24-16-7-3-2-6-15(16)22(27)30-13-21(26)25-17-8-4-5-9-19(17)31-20-11-10-14(23)12-18(20)25/h2-12,24H,13H2,1H3. The van der Waals surface area contributed by atoms with E-state index in [1.165, 1.54) is 28.8 Å². The van der Waals surface area contributed by atoms with E-state index in [2.05, 4.69) is 4.72 Å². The third kappa shape index (κ3) is 4.74. The van der Waals surface area contributed by atoms with Gasteiger partial charge in [0, 0.05) is 14.8 Å². The molecule has 0 unspecified atom stereocenters. The van der Waals surface area contributed by atoms with Crippen LogP contribution >= 0.6 is 23.4 Å². The van der Waals surface area contributed by atoms with Crippen LogP contribution in [0.5, 0.6) is 0 Å². The molecular formula is C22H17ClN2O5S2. The lowest BCUT2D eigenvalue weighted by atomic mass is 10.2. The Kier molecular flexibility index (Phi) is 6.14. The number of rotatable bonds is 5. The van der Waals surface area contributed by atoms with Crippen LogP contribution < -0.4 is 9.62 Å². The fourth-order valence-electron chi connectivity index (χ4n) is 3.22. The van der Waals surface area contributed by atoms with Crippen LogP contribution in [0.1, 0.15) is 10.4 Å². The van der Waals surface area contributed by atoms with Crippen molar-refractivity contribution in [2.45, 2.75) is 9.79 Å². The predicted molar refractivity (Wildman–Crippen MR) is 124 cm³/mol. The molecule has 7 nitrogen and oxygen atoms in total. The molecule has 3 aromatic carbocycles. The minimum absolute atomic E-state index is 0.00349. The molecule has 0 aromatic heterocycles. The summed E-state index contributed by atoms with van der Waals surface area (Å²) in [6, 6.07) is 18.7. The summed E-state index contributed by atoms with van der Waals surface area (Å²) in [6.07, 6.45) is 0.979. The second-order valence-corrected chi connectivity index (χ2v) is 10.2. The maximum absolute atomic E-state index is 13.2. The van der Waals surface area contributed by atoms with Crippen molar-refractivity contribution in [3.05, 3.63) is 77.3 Å². The van der Waals surface area contributed by atoms with E-state index in [0.29, 0.717) is 16.4 Å². The van der Waals surface area contributed by atoms with E-state index in [4.69, 9.17) is 16.3 Å². The van der Waals surface area contributed by atoms with Crippen molar-refractivity contribution >= 4 is 62.3 Å². The summed E-state index contributed by atoms with van der Waals surface area (Å²) in [5.74, 6) is -1.29. The molecule has 1 aliphatic heterocycles. The number of amides is 1. The molecule has 1 aliphatic rings. The highest BCUT2D eigenvalue weighted by Crippen LogP contribution is 2.48. The van der Waals surface area contributed by atoms with Crippen molar-refractivity contribution in [3.8, 4) is 0 Å². The molecule has 0 atom stereocenters. The highest BCUT2D eigenvalue weighted by Gasteiger charge is 2.29. The smallest absolute Gasteiger partial charge is 0.340 e. The van der Waals surface area contributed by atoms with Gasteiger partial charge in [0.05, 0.1) is 28.9 Å². The van der Waals surface area contributed by atoms with E-state index in [0.717, 1.165) is 16.0 Å². The second-order valence-electron chi connectivity index (χ2n) is 6.91. The number of anilines is 3. The summed E-state index contributed by atoms with van der Waals surface area (Å²) < 4.78 is 30.7. The molecule has 0 aliphatic carbocycles. The Morgan fingerprint density at radius 2 is 1.69 bits per heavy atom. The first-order chi connectivity index (χ1) is 15.2. The number of sulfonamides is 1. The van der Waals surface area contributed by atoms with Gasteiger partial charge >= 0.3 is 5.97 Å². The van der Waals surface area contributed by atoms with Gasteiger partial charge in [-0.2, -0.15) is 0 Å². The lowest BCUT2D eigenvalue weighted by molar-refractivity contribution is -0.121. The maximum Gasteiger partial charge on any atom is 0.340 e. The third-order valence-electron chi connectivity index (χ3n) is 4.51. The SMILES string of the molecule is CS(=O)(=O)Nc1ccccc1C(=O)OCC(=O)N1c2ccccc2Sc2ccc(Cl)cc21. The van der Waals surface area contributed by atoms with Crippen LogP contribution in [-0.2, 0) is 19.6 Å². The lowest BCUT2D eigenvalue weighted by Crippen LogP contribution is -2.32. The van der Waals surface area contributed by atoms with Crippen molar-refractivity contribution in [2.24, 2.45) is 0 Å². The summed E-state index contributed by atoms with van der Waals surface area (Å²) in [4.78, 5) is 29.0. The van der Waals surface area contributed by atoms with Gasteiger partial charge in [0.1, 0.15) is 0 Å². The first-order valence-electron chi connectivity index (χ1n) is 9.36. The molecule has 1 amide bonds. The summed E-state index contributed by atoms with van der Waals surface area (Å²) in [7, 11) is -3.60. The molecule has 1 N–H and O–H groups in total. The van der Waals surface area contributed by atoms with Gasteiger partial charge in [-0.1, -0.05) is 47.6 Å². The fourth-order valence-corrected chi connectivity index (χ4v) is 5.00. The van der Waals surface area contributed by atoms with Crippen molar-refractivity contribution in [1.29, 1.82) is 0 Å². The molecule has 10 heteroatoms. The van der Waals surface area contributed by atoms with Gasteiger partial charge in [-0.05, 0) is 42.5 Å². The number of carbonyl (C=O) groups is 2. The zero-order chi connectivity index (χ0) is 22.9. The van der Waals surface area contributed by atoms with Crippen LogP contribution in [0.25, 0.3) is 0 Å². The molecule has 4 rings (SSSR count). The molecular weight excluding hydrogens is 472 g/mol. The van der Waals surface area contributed by atoms with Crippen molar-refractivity contribution in [2.75, 3.05) is 22.5 Å². The van der Waals surface area contributed by atoms with Crippen LogP contribution in [-0.4, -0.2) is 33.2 Å². The van der Waals surface area contributed by atoms with Crippen LogP contribution in [0.15, 0.2) is 76.5 Å². The second kappa shape index (κ2) is 8.85. The van der Waals surface area contributed by atoms with Crippen LogP contribution in [0.3, 0.4) is 0 Å². The maximum atomic E-state index is 13.2. The monoisotopic (exact) mass is 488 g/mol. The highest BCUT2D eigenvalue weighted by molar-refractivity contribution is 7.99. The number of halogens is 1. The summed E-state index contributed by atoms with van der Waals surface area (Å²) >= 11 is 7.68. The topological polar surface area (TPSA) is 92.8 Å². The van der Waals surface area contributed by atoms with Crippen LogP contribution in [0.2, 0.25) is 5.02 Å². The largest absolute Gasteiger partial charge is 0.452 e. The number of hydrogen-bond donors (Lipinski definition) is 1. The highest BCUT2D eigenvalue weighted by atomic mass is 35.5. The third-order valence-corrected chi connectivity index (χ3v) is 6.46. The number of carbonyl (C=O) groups excluding carboxylic acids is 2. The van der Waals surface area contributed by atoms with Gasteiger partial charge in [0.2, 0.25) is 10.0 Å². The summed E-state index contributed by atoms with van der Waals surface area (Å²) in [6.45, 7) is -0.545. The van der Waals surface area contributed by atoms with Gasteiger partial charge in [-0.25, -0.2) is 13.2 Å². The van der Waals surface area contributed by atoms with Crippen molar-refractivity contribution in [1.82, 2.24) is 0 Å². The van der Waals surface area contributed by atoms with Crippen molar-refractivity contribution in [3.63, 3.8) is 0 Å². The Morgan fingerprint density at radius 3 is 2.47 bits per heavy atom. The fraction of sp³-hybridized carbons (Fsp3) is 0.0909. The van der Waals surface area contributed by atoms with Crippen LogP contribution in [0, 0.1) is 0 Å². The quantitative estimate of drug-likeness (QED) is 0.523. The summed E-state index contributed by atoms with van der Waals surface area (Å²) in [5, 5.41) is 0.472. The average Bonchev–Trinajstić information content (AvgIpc) is 2.75. The first kappa shape index (κ1) is 22.2. The Morgan fingerprint density at radius 1 is 1.00 bits per heavy atom. The van der Waals surface area contributed by atoms with Gasteiger partial charge in [-0.3, -0.25) is 14.4 Å². The number of benzene rings is 3. The Labute approximate surface area is 194 Å². The van der Waals surface area contributed by atoms with Gasteiger partial charge in [0.15, 0.2) is 6.61 Å². The zero-order valence-corrected chi connectivity index (χ0v) is 19.1. The minimum Gasteiger partial charge on any atom is -0.452 e. The Hall–Kier alpha value is -3.01. The molecule has 1 heterocycles. The molecule has 0 bridgehead atoms. The lowest BCUT2D eigenvalue weighted by Gasteiger charge is -2.31. The molecule has 3 aromatic rings. The van der Waals surface area contributed by atoms with E-state index in [1.807, 2.05) is 24.3 Å². The van der Waals surface area contributed by atoms with E-state index < -0.39 is 28.5 Å². The first-order valence-corrected chi connectivity index (χ1v) is 12.4. The Balaban J connectivity index is 1.58. The van der Waals surface area contributed by atoms with Gasteiger partial charge in [-0.15, -0.1) is 0 Å².